The van der Waals surface area contributed by atoms with E-state index in [0.29, 0.717) is 35.0 Å². The van der Waals surface area contributed by atoms with Crippen LogP contribution in [0.25, 0.3) is 32.6 Å². The number of nitrogens with zero attached hydrogens (tertiary/aromatic N) is 5. The number of aliphatic hydroxyl groups is 1. The molecule has 0 aliphatic carbocycles. The van der Waals surface area contributed by atoms with E-state index in [4.69, 9.17) is 5.73 Å². The number of anilines is 2. The fourth-order valence-electron chi connectivity index (χ4n) is 3.78. The maximum absolute atomic E-state index is 13.2. The number of hydrogen-bond acceptors (Lipinski definition) is 8. The summed E-state index contributed by atoms with van der Waals surface area (Å²) in [5.41, 5.74) is 8.75. The molecule has 5 rings (SSSR count). The van der Waals surface area contributed by atoms with Crippen LogP contribution in [0.3, 0.4) is 0 Å². The highest BCUT2D eigenvalue weighted by molar-refractivity contribution is 7.13. The molecule has 0 aliphatic heterocycles. The van der Waals surface area contributed by atoms with Gasteiger partial charge in [-0.1, -0.05) is 0 Å². The molecule has 0 unspecified atom stereocenters. The second-order valence-electron chi connectivity index (χ2n) is 9.24. The molecule has 4 aromatic heterocycles. The molecule has 188 valence electrons. The lowest BCUT2D eigenvalue weighted by Crippen LogP contribution is -2.21. The predicted octanol–water partition coefficient (Wildman–Crippen LogP) is 4.75. The third-order valence-corrected chi connectivity index (χ3v) is 6.59. The van der Waals surface area contributed by atoms with Gasteiger partial charge in [0.15, 0.2) is 0 Å². The first-order valence-electron chi connectivity index (χ1n) is 11.5. The summed E-state index contributed by atoms with van der Waals surface area (Å²) in [4.78, 5) is 25.3. The number of hydrogen-bond donors (Lipinski definition) is 3. The van der Waals surface area contributed by atoms with Crippen LogP contribution in [0, 0.1) is 5.95 Å². The van der Waals surface area contributed by atoms with Gasteiger partial charge in [-0.15, -0.1) is 11.3 Å². The van der Waals surface area contributed by atoms with Crippen LogP contribution in [0.4, 0.5) is 15.9 Å². The molecular weight excluding hydrogens is 493 g/mol. The van der Waals surface area contributed by atoms with Gasteiger partial charge in [-0.05, 0) is 62.2 Å². The molecule has 4 N–H and O–H groups in total. The minimum absolute atomic E-state index is 0.227. The molecule has 0 aliphatic rings. The number of fused-ring (bicyclic) bond motifs is 1. The van der Waals surface area contributed by atoms with E-state index >= 15 is 0 Å². The van der Waals surface area contributed by atoms with Crippen LogP contribution in [-0.2, 0) is 6.54 Å². The number of nitrogen functional groups attached to an aromatic ring is 1. The number of halogens is 1. The first-order chi connectivity index (χ1) is 17.6. The Bertz CT molecular complexity index is 1590. The fourth-order valence-corrected chi connectivity index (χ4v) is 4.57. The monoisotopic (exact) mass is 517 g/mol. The molecule has 11 heteroatoms. The molecule has 0 spiro atoms. The van der Waals surface area contributed by atoms with Gasteiger partial charge in [-0.3, -0.25) is 9.48 Å². The van der Waals surface area contributed by atoms with Gasteiger partial charge in [0.2, 0.25) is 5.95 Å². The number of nitrogens with two attached hydrogens (primary N) is 1. The van der Waals surface area contributed by atoms with Crippen LogP contribution < -0.4 is 11.1 Å². The maximum Gasteiger partial charge on any atom is 0.275 e. The minimum atomic E-state index is -0.812. The van der Waals surface area contributed by atoms with Crippen molar-refractivity contribution in [3.63, 3.8) is 0 Å². The number of carbonyl (C=O) groups excluding carboxylic acids is 1. The van der Waals surface area contributed by atoms with E-state index in [-0.39, 0.29) is 5.69 Å². The number of rotatable bonds is 7. The average molecular weight is 518 g/mol. The average Bonchev–Trinajstić information content (AvgIpc) is 3.49. The number of benzene rings is 1. The third kappa shape index (κ3) is 5.63. The Balaban J connectivity index is 1.49. The summed E-state index contributed by atoms with van der Waals surface area (Å²) < 4.78 is 14.9. The van der Waals surface area contributed by atoms with Gasteiger partial charge in [-0.25, -0.2) is 15.0 Å². The number of amides is 1. The molecule has 1 amide bonds. The van der Waals surface area contributed by atoms with Crippen LogP contribution in [0.1, 0.15) is 30.8 Å². The van der Waals surface area contributed by atoms with Gasteiger partial charge in [0.25, 0.3) is 5.91 Å². The highest BCUT2D eigenvalue weighted by Gasteiger charge is 2.18. The summed E-state index contributed by atoms with van der Waals surface area (Å²) in [6.45, 7) is 4.05. The van der Waals surface area contributed by atoms with Crippen molar-refractivity contribution in [2.45, 2.75) is 32.4 Å². The van der Waals surface area contributed by atoms with Crippen LogP contribution >= 0.6 is 11.3 Å². The second kappa shape index (κ2) is 9.68. The van der Waals surface area contributed by atoms with E-state index in [1.165, 1.54) is 23.6 Å². The number of aromatic nitrogens is 5. The van der Waals surface area contributed by atoms with E-state index in [1.54, 1.807) is 48.3 Å². The Hall–Kier alpha value is -4.22. The van der Waals surface area contributed by atoms with Crippen molar-refractivity contribution in [2.75, 3.05) is 11.1 Å². The van der Waals surface area contributed by atoms with Gasteiger partial charge in [0.05, 0.1) is 11.1 Å². The Kier molecular flexibility index (Phi) is 6.40. The molecule has 37 heavy (non-hydrogen) atoms. The Morgan fingerprint density at radius 2 is 2.03 bits per heavy atom. The quantitative estimate of drug-likeness (QED) is 0.265. The zero-order valence-electron chi connectivity index (χ0n) is 20.1. The van der Waals surface area contributed by atoms with Crippen LogP contribution in [-0.4, -0.2) is 41.3 Å². The van der Waals surface area contributed by atoms with Crippen LogP contribution in [0.5, 0.6) is 0 Å². The smallest absolute Gasteiger partial charge is 0.275 e. The minimum Gasteiger partial charge on any atom is -0.390 e. The Morgan fingerprint density at radius 1 is 1.19 bits per heavy atom. The van der Waals surface area contributed by atoms with Gasteiger partial charge < -0.3 is 16.2 Å². The van der Waals surface area contributed by atoms with E-state index in [9.17, 15) is 14.3 Å². The second-order valence-corrected chi connectivity index (χ2v) is 10.1. The predicted molar refractivity (Wildman–Crippen MR) is 142 cm³/mol. The summed E-state index contributed by atoms with van der Waals surface area (Å²) in [6.07, 6.45) is 5.40. The lowest BCUT2D eigenvalue weighted by atomic mass is 10.0. The first-order valence-corrected chi connectivity index (χ1v) is 12.4. The summed E-state index contributed by atoms with van der Waals surface area (Å²) in [5, 5.41) is 20.7. The number of thiazole rings is 1. The molecule has 9 nitrogen and oxygen atoms in total. The molecule has 0 atom stereocenters. The van der Waals surface area contributed by atoms with E-state index in [0.717, 1.165) is 22.0 Å². The van der Waals surface area contributed by atoms with Gasteiger partial charge in [-0.2, -0.15) is 9.49 Å². The molecular formula is C26H24FN7O2S. The van der Waals surface area contributed by atoms with Gasteiger partial charge >= 0.3 is 0 Å². The summed E-state index contributed by atoms with van der Waals surface area (Å²) in [7, 11) is 0. The Morgan fingerprint density at radius 3 is 2.76 bits per heavy atom. The van der Waals surface area contributed by atoms with Crippen molar-refractivity contribution < 1.29 is 14.3 Å². The molecule has 5 aromatic rings. The van der Waals surface area contributed by atoms with Gasteiger partial charge in [0.1, 0.15) is 16.5 Å². The highest BCUT2D eigenvalue weighted by Crippen LogP contribution is 2.33. The molecule has 0 bridgehead atoms. The lowest BCUT2D eigenvalue weighted by molar-refractivity contribution is 0.0651. The lowest BCUT2D eigenvalue weighted by Gasteiger charge is -2.16. The zero-order chi connectivity index (χ0) is 26.2. The number of nitrogens with one attached hydrogen (secondary N) is 1. The van der Waals surface area contributed by atoms with Crippen molar-refractivity contribution in [1.29, 1.82) is 0 Å². The van der Waals surface area contributed by atoms with Crippen molar-refractivity contribution >= 4 is 39.7 Å². The third-order valence-electron chi connectivity index (χ3n) is 5.70. The topological polar surface area (TPSA) is 132 Å². The van der Waals surface area contributed by atoms with Crippen molar-refractivity contribution in [3.05, 3.63) is 72.0 Å². The Labute approximate surface area is 215 Å². The van der Waals surface area contributed by atoms with E-state index in [2.05, 4.69) is 25.4 Å². The molecule has 0 saturated heterocycles. The highest BCUT2D eigenvalue weighted by atomic mass is 32.1. The first kappa shape index (κ1) is 24.5. The molecule has 0 radical (unpaired) electrons. The molecule has 0 saturated carbocycles. The summed E-state index contributed by atoms with van der Waals surface area (Å²) in [6, 6.07) is 10.1. The van der Waals surface area contributed by atoms with E-state index < -0.39 is 17.5 Å². The molecule has 4 heterocycles. The molecule has 1 aromatic carbocycles. The van der Waals surface area contributed by atoms with Crippen molar-refractivity contribution in [1.82, 2.24) is 24.7 Å². The van der Waals surface area contributed by atoms with Crippen LogP contribution in [0.15, 0.2) is 60.4 Å². The standard InChI is InChI=1S/C26H24FN7O2S/c1-26(2,36)6-8-34-13-17-9-20(18(11-19(17)33-34)15-5-7-29-23(28)10-15)31-24(35)21-14-37-25(32-21)16-3-4-22(27)30-12-16/h3-5,7,9-14,36H,6,8H2,1-2H3,(H2,28,29)(H,31,35). The summed E-state index contributed by atoms with van der Waals surface area (Å²) in [5.74, 6) is -0.626. The normalized spacial score (nSPS) is 11.7. The maximum atomic E-state index is 13.2. The summed E-state index contributed by atoms with van der Waals surface area (Å²) >= 11 is 1.27. The van der Waals surface area contributed by atoms with Gasteiger partial charge in [0, 0.05) is 52.7 Å². The molecule has 0 fully saturated rings. The zero-order valence-corrected chi connectivity index (χ0v) is 21.0. The van der Waals surface area contributed by atoms with E-state index in [1.807, 2.05) is 18.3 Å². The number of aryl methyl sites for hydroxylation is 1. The van der Waals surface area contributed by atoms with Crippen molar-refractivity contribution in [2.24, 2.45) is 0 Å². The van der Waals surface area contributed by atoms with Crippen LogP contribution in [0.2, 0.25) is 0 Å². The number of pyridine rings is 2. The SMILES string of the molecule is CC(C)(O)CCn1cc2cc(NC(=O)c3csc(-c4ccc(F)nc4)n3)c(-c3ccnc(N)c3)cc2n1. The number of carbonyl (C=O) groups is 1. The largest absolute Gasteiger partial charge is 0.390 e. The van der Waals surface area contributed by atoms with Crippen molar-refractivity contribution in [3.8, 4) is 21.7 Å². The fraction of sp³-hybridized carbons (Fsp3) is 0.192.